The number of rotatable bonds is 3. The second-order valence-corrected chi connectivity index (χ2v) is 5.96. The molecule has 0 N–H and O–H groups in total. The first kappa shape index (κ1) is 13.7. The molecule has 0 radical (unpaired) electrons. The molecule has 0 spiro atoms. The summed E-state index contributed by atoms with van der Waals surface area (Å²) in [7, 11) is 1.69. The topological polar surface area (TPSA) is 52.4 Å². The molecule has 2 aliphatic rings. The van der Waals surface area contributed by atoms with Crippen molar-refractivity contribution in [3.05, 3.63) is 41.7 Å². The maximum absolute atomic E-state index is 5.95. The van der Waals surface area contributed by atoms with Gasteiger partial charge in [-0.2, -0.15) is 0 Å². The largest absolute Gasteiger partial charge is 0.497 e. The Hall–Kier alpha value is -1.92. The second-order valence-electron chi connectivity index (χ2n) is 5.96. The Morgan fingerprint density at radius 3 is 3.00 bits per heavy atom. The summed E-state index contributed by atoms with van der Waals surface area (Å²) in [5.41, 5.74) is 2.38. The lowest BCUT2D eigenvalue weighted by Crippen LogP contribution is -2.47. The minimum Gasteiger partial charge on any atom is -0.497 e. The number of piperidine rings is 1. The molecular formula is C16H20N4O2. The minimum atomic E-state index is 0.265. The van der Waals surface area contributed by atoms with Crippen LogP contribution in [0, 0.1) is 0 Å². The van der Waals surface area contributed by atoms with E-state index in [9.17, 15) is 0 Å². The molecule has 1 aromatic carbocycles. The van der Waals surface area contributed by atoms with Gasteiger partial charge in [0.05, 0.1) is 37.8 Å². The maximum Gasteiger partial charge on any atom is 0.118 e. The lowest BCUT2D eigenvalue weighted by molar-refractivity contribution is -0.0669. The fourth-order valence-electron chi connectivity index (χ4n) is 3.38. The lowest BCUT2D eigenvalue weighted by atomic mass is 10.00. The van der Waals surface area contributed by atoms with Crippen molar-refractivity contribution in [3.8, 4) is 5.75 Å². The number of nitrogens with zero attached hydrogens (tertiary/aromatic N) is 4. The zero-order valence-electron chi connectivity index (χ0n) is 12.7. The number of likely N-dealkylation sites (tertiary alicyclic amines) is 1. The molecule has 1 aromatic heterocycles. The zero-order chi connectivity index (χ0) is 14.9. The van der Waals surface area contributed by atoms with Crippen molar-refractivity contribution in [2.24, 2.45) is 0 Å². The van der Waals surface area contributed by atoms with Gasteiger partial charge in [0.1, 0.15) is 5.75 Å². The summed E-state index contributed by atoms with van der Waals surface area (Å²) in [5, 5.41) is 8.27. The third-order valence-electron chi connectivity index (χ3n) is 4.58. The van der Waals surface area contributed by atoms with E-state index in [0.29, 0.717) is 6.61 Å². The molecule has 116 valence electrons. The fraction of sp³-hybridized carbons (Fsp3) is 0.500. The molecule has 0 saturated carbocycles. The highest BCUT2D eigenvalue weighted by Crippen LogP contribution is 2.30. The Kier molecular flexibility index (Phi) is 3.56. The summed E-state index contributed by atoms with van der Waals surface area (Å²) in [6, 6.07) is 8.56. The number of aromatic nitrogens is 3. The van der Waals surface area contributed by atoms with Crippen LogP contribution in [-0.4, -0.2) is 46.2 Å². The first-order valence-corrected chi connectivity index (χ1v) is 7.69. The maximum atomic E-state index is 5.95. The molecule has 22 heavy (non-hydrogen) atoms. The van der Waals surface area contributed by atoms with E-state index < -0.39 is 0 Å². The molecule has 1 fully saturated rings. The van der Waals surface area contributed by atoms with E-state index in [1.807, 2.05) is 16.8 Å². The van der Waals surface area contributed by atoms with Gasteiger partial charge in [-0.3, -0.25) is 4.90 Å². The van der Waals surface area contributed by atoms with Gasteiger partial charge in [0, 0.05) is 19.6 Å². The predicted molar refractivity (Wildman–Crippen MR) is 80.5 cm³/mol. The Morgan fingerprint density at radius 2 is 2.18 bits per heavy atom. The van der Waals surface area contributed by atoms with E-state index in [0.717, 1.165) is 37.5 Å². The molecule has 4 rings (SSSR count). The van der Waals surface area contributed by atoms with Gasteiger partial charge >= 0.3 is 0 Å². The Labute approximate surface area is 129 Å². The highest BCUT2D eigenvalue weighted by Gasteiger charge is 2.36. The summed E-state index contributed by atoms with van der Waals surface area (Å²) in [5.74, 6) is 0.899. The van der Waals surface area contributed by atoms with Gasteiger partial charge in [-0.25, -0.2) is 4.68 Å². The van der Waals surface area contributed by atoms with Gasteiger partial charge < -0.3 is 9.47 Å². The Balaban J connectivity index is 1.47. The van der Waals surface area contributed by atoms with Crippen molar-refractivity contribution in [1.82, 2.24) is 19.9 Å². The van der Waals surface area contributed by atoms with E-state index >= 15 is 0 Å². The Morgan fingerprint density at radius 1 is 1.32 bits per heavy atom. The lowest BCUT2D eigenvalue weighted by Gasteiger charge is -2.41. The molecule has 2 aromatic rings. The van der Waals surface area contributed by atoms with Crippen LogP contribution in [0.5, 0.6) is 5.75 Å². The van der Waals surface area contributed by atoms with Gasteiger partial charge in [0.2, 0.25) is 0 Å². The van der Waals surface area contributed by atoms with Gasteiger partial charge in [0.15, 0.2) is 0 Å². The summed E-state index contributed by atoms with van der Waals surface area (Å²) in [6.45, 7) is 3.58. The van der Waals surface area contributed by atoms with Crippen LogP contribution in [0.2, 0.25) is 0 Å². The zero-order valence-corrected chi connectivity index (χ0v) is 12.7. The minimum absolute atomic E-state index is 0.265. The fourth-order valence-corrected chi connectivity index (χ4v) is 3.38. The van der Waals surface area contributed by atoms with Gasteiger partial charge in [0.25, 0.3) is 0 Å². The first-order chi connectivity index (χ1) is 10.8. The monoisotopic (exact) mass is 300 g/mol. The number of benzene rings is 1. The number of ether oxygens (including phenoxy) is 2. The van der Waals surface area contributed by atoms with E-state index in [4.69, 9.17) is 9.47 Å². The Bertz CT molecular complexity index is 640. The van der Waals surface area contributed by atoms with Gasteiger partial charge in [-0.05, 0) is 24.1 Å². The molecular weight excluding hydrogens is 280 g/mol. The van der Waals surface area contributed by atoms with Gasteiger partial charge in [-0.1, -0.05) is 17.3 Å². The van der Waals surface area contributed by atoms with Crippen molar-refractivity contribution < 1.29 is 9.47 Å². The van der Waals surface area contributed by atoms with Crippen molar-refractivity contribution >= 4 is 0 Å². The number of fused-ring (bicyclic) bond motifs is 3. The highest BCUT2D eigenvalue weighted by atomic mass is 16.5. The summed E-state index contributed by atoms with van der Waals surface area (Å²) < 4.78 is 13.2. The molecule has 0 amide bonds. The van der Waals surface area contributed by atoms with Crippen molar-refractivity contribution in [3.63, 3.8) is 0 Å². The van der Waals surface area contributed by atoms with Gasteiger partial charge in [-0.15, -0.1) is 5.10 Å². The molecule has 3 heterocycles. The van der Waals surface area contributed by atoms with Crippen LogP contribution < -0.4 is 4.74 Å². The molecule has 2 atom stereocenters. The van der Waals surface area contributed by atoms with Crippen LogP contribution in [0.3, 0.4) is 0 Å². The summed E-state index contributed by atoms with van der Waals surface area (Å²) >= 11 is 0. The number of hydrogen-bond donors (Lipinski definition) is 0. The molecule has 1 saturated heterocycles. The summed E-state index contributed by atoms with van der Waals surface area (Å²) in [6.07, 6.45) is 3.11. The smallest absolute Gasteiger partial charge is 0.118 e. The van der Waals surface area contributed by atoms with Crippen LogP contribution >= 0.6 is 0 Å². The van der Waals surface area contributed by atoms with E-state index in [-0.39, 0.29) is 12.1 Å². The first-order valence-electron chi connectivity index (χ1n) is 7.69. The standard InChI is InChI=1S/C16H20N4O2/c1-21-14-4-2-12(3-5-14)9-19-7-6-16-15(10-19)20-13(11-22-16)8-17-18-20/h2-5,8,15-16H,6-7,9-11H2,1H3/t15-,16+/m0/s1. The molecule has 0 bridgehead atoms. The second kappa shape index (κ2) is 5.70. The van der Waals surface area contributed by atoms with E-state index in [1.54, 1.807) is 13.3 Å². The van der Waals surface area contributed by atoms with E-state index in [1.165, 1.54) is 5.56 Å². The quantitative estimate of drug-likeness (QED) is 0.862. The van der Waals surface area contributed by atoms with Crippen LogP contribution in [0.15, 0.2) is 30.5 Å². The normalized spacial score (nSPS) is 24.6. The average Bonchev–Trinajstić information content (AvgIpc) is 3.05. The number of methoxy groups -OCH3 is 1. The van der Waals surface area contributed by atoms with Crippen molar-refractivity contribution in [2.75, 3.05) is 20.2 Å². The van der Waals surface area contributed by atoms with Crippen LogP contribution in [0.25, 0.3) is 0 Å². The number of hydrogen-bond acceptors (Lipinski definition) is 5. The predicted octanol–water partition coefficient (Wildman–Crippen LogP) is 1.63. The highest BCUT2D eigenvalue weighted by molar-refractivity contribution is 5.27. The van der Waals surface area contributed by atoms with Crippen molar-refractivity contribution in [1.29, 1.82) is 0 Å². The summed E-state index contributed by atoms with van der Waals surface area (Å²) in [4.78, 5) is 2.46. The molecule has 6 heteroatoms. The third-order valence-corrected chi connectivity index (χ3v) is 4.58. The average molecular weight is 300 g/mol. The molecule has 2 aliphatic heterocycles. The van der Waals surface area contributed by atoms with Crippen LogP contribution in [0.1, 0.15) is 23.7 Å². The van der Waals surface area contributed by atoms with Crippen LogP contribution in [-0.2, 0) is 17.9 Å². The molecule has 0 unspecified atom stereocenters. The molecule has 6 nitrogen and oxygen atoms in total. The SMILES string of the molecule is COc1ccc(CN2CC[C@H]3OCc4cnnn4[C@H]3C2)cc1. The van der Waals surface area contributed by atoms with E-state index in [2.05, 4.69) is 27.3 Å². The van der Waals surface area contributed by atoms with Crippen LogP contribution in [0.4, 0.5) is 0 Å². The molecule has 0 aliphatic carbocycles. The third kappa shape index (κ3) is 2.48. The van der Waals surface area contributed by atoms with Crippen molar-refractivity contribution in [2.45, 2.75) is 31.7 Å².